The minimum absolute atomic E-state index is 0.185. The van der Waals surface area contributed by atoms with Gasteiger partial charge in [-0.3, -0.25) is 4.90 Å². The van der Waals surface area contributed by atoms with E-state index in [1.165, 1.54) is 5.56 Å². The lowest BCUT2D eigenvalue weighted by atomic mass is 9.90. The molecule has 4 nitrogen and oxygen atoms in total. The number of piperidine rings is 1. The minimum atomic E-state index is 0.185. The van der Waals surface area contributed by atoms with Gasteiger partial charge < -0.3 is 10.3 Å². The van der Waals surface area contributed by atoms with Gasteiger partial charge in [-0.15, -0.1) is 5.16 Å². The summed E-state index contributed by atoms with van der Waals surface area (Å²) in [6.07, 6.45) is 2.47. The number of hydrogen-bond donors (Lipinski definition) is 2. The molecular weight excluding hydrogens is 355 g/mol. The normalized spacial score (nSPS) is 26.6. The molecule has 0 saturated carbocycles. The number of alkyl halides is 1. The lowest BCUT2D eigenvalue weighted by molar-refractivity contribution is 0.101. The van der Waals surface area contributed by atoms with E-state index in [9.17, 15) is 5.11 Å². The van der Waals surface area contributed by atoms with E-state index >= 15 is 0 Å². The standard InChI is InChI=1S/C14H19IN2O2/c15-14(13-4-2-1-3-5-13)17-8-11(7-16-19)6-12(9-17)10-18/h1-5,7,11-12,14,18-19H,6,8-10H2. The fourth-order valence-corrected chi connectivity index (χ4v) is 3.50. The van der Waals surface area contributed by atoms with Gasteiger partial charge in [0.2, 0.25) is 0 Å². The Morgan fingerprint density at radius 1 is 1.37 bits per heavy atom. The van der Waals surface area contributed by atoms with Crippen molar-refractivity contribution in [3.63, 3.8) is 0 Å². The molecule has 1 heterocycles. The highest BCUT2D eigenvalue weighted by Gasteiger charge is 2.29. The molecule has 2 N–H and O–H groups in total. The first-order chi connectivity index (χ1) is 9.24. The fraction of sp³-hybridized carbons (Fsp3) is 0.500. The van der Waals surface area contributed by atoms with Gasteiger partial charge in [0.05, 0.1) is 4.05 Å². The van der Waals surface area contributed by atoms with Crippen LogP contribution < -0.4 is 0 Å². The summed E-state index contributed by atoms with van der Waals surface area (Å²) in [5.74, 6) is 0.453. The van der Waals surface area contributed by atoms with Crippen molar-refractivity contribution in [2.45, 2.75) is 10.5 Å². The SMILES string of the molecule is OCC1CC(C=NO)CN(C(I)c2ccccc2)C1. The molecule has 0 amide bonds. The van der Waals surface area contributed by atoms with Gasteiger partial charge in [0.15, 0.2) is 0 Å². The van der Waals surface area contributed by atoms with Crippen LogP contribution in [0.15, 0.2) is 35.5 Å². The molecule has 1 saturated heterocycles. The molecule has 1 aromatic rings. The van der Waals surface area contributed by atoms with E-state index in [1.807, 2.05) is 18.2 Å². The third kappa shape index (κ3) is 3.90. The average molecular weight is 374 g/mol. The van der Waals surface area contributed by atoms with Crippen molar-refractivity contribution < 1.29 is 10.3 Å². The lowest BCUT2D eigenvalue weighted by Gasteiger charge is -2.38. The van der Waals surface area contributed by atoms with Crippen LogP contribution >= 0.6 is 22.6 Å². The van der Waals surface area contributed by atoms with Crippen molar-refractivity contribution in [1.29, 1.82) is 0 Å². The second kappa shape index (κ2) is 7.21. The van der Waals surface area contributed by atoms with Gasteiger partial charge in [0, 0.05) is 31.8 Å². The summed E-state index contributed by atoms with van der Waals surface area (Å²) in [6, 6.07) is 10.3. The van der Waals surface area contributed by atoms with Gasteiger partial charge >= 0.3 is 0 Å². The number of halogens is 1. The lowest BCUT2D eigenvalue weighted by Crippen LogP contribution is -2.42. The summed E-state index contributed by atoms with van der Waals surface area (Å²) in [7, 11) is 0. The Balaban J connectivity index is 2.09. The van der Waals surface area contributed by atoms with E-state index in [4.69, 9.17) is 5.21 Å². The number of aliphatic hydroxyl groups excluding tert-OH is 1. The second-order valence-electron chi connectivity index (χ2n) is 5.01. The molecule has 1 aromatic carbocycles. The molecule has 2 rings (SSSR count). The Kier molecular flexibility index (Phi) is 5.59. The number of rotatable bonds is 4. The highest BCUT2D eigenvalue weighted by Crippen LogP contribution is 2.33. The molecule has 104 valence electrons. The maximum Gasteiger partial charge on any atom is 0.0874 e. The van der Waals surface area contributed by atoms with E-state index in [0.29, 0.717) is 0 Å². The van der Waals surface area contributed by atoms with E-state index in [-0.39, 0.29) is 22.5 Å². The van der Waals surface area contributed by atoms with Gasteiger partial charge in [-0.2, -0.15) is 0 Å². The van der Waals surface area contributed by atoms with E-state index in [2.05, 4.69) is 44.8 Å². The first-order valence-corrected chi connectivity index (χ1v) is 7.70. The van der Waals surface area contributed by atoms with Crippen LogP contribution in [0.4, 0.5) is 0 Å². The molecule has 1 aliphatic heterocycles. The Labute approximate surface area is 127 Å². The van der Waals surface area contributed by atoms with E-state index in [0.717, 1.165) is 19.5 Å². The highest BCUT2D eigenvalue weighted by atomic mass is 127. The van der Waals surface area contributed by atoms with Crippen molar-refractivity contribution >= 4 is 28.8 Å². The van der Waals surface area contributed by atoms with Gasteiger partial charge in [0.1, 0.15) is 0 Å². The van der Waals surface area contributed by atoms with Gasteiger partial charge in [-0.05, 0) is 17.9 Å². The van der Waals surface area contributed by atoms with E-state index < -0.39 is 0 Å². The quantitative estimate of drug-likeness (QED) is 0.213. The first-order valence-electron chi connectivity index (χ1n) is 6.46. The molecule has 3 unspecified atom stereocenters. The zero-order chi connectivity index (χ0) is 13.7. The van der Waals surface area contributed by atoms with Crippen molar-refractivity contribution in [1.82, 2.24) is 4.90 Å². The van der Waals surface area contributed by atoms with Crippen LogP contribution in [-0.2, 0) is 0 Å². The molecule has 0 aromatic heterocycles. The molecule has 0 spiro atoms. The smallest absolute Gasteiger partial charge is 0.0874 e. The molecule has 1 fully saturated rings. The number of benzene rings is 1. The minimum Gasteiger partial charge on any atom is -0.411 e. The summed E-state index contributed by atoms with van der Waals surface area (Å²) in [4.78, 5) is 2.34. The average Bonchev–Trinajstić information content (AvgIpc) is 2.47. The molecule has 1 aliphatic rings. The van der Waals surface area contributed by atoms with Crippen LogP contribution in [0.25, 0.3) is 0 Å². The summed E-state index contributed by atoms with van der Waals surface area (Å²) in [5.41, 5.74) is 1.27. The summed E-state index contributed by atoms with van der Waals surface area (Å²) in [5, 5.41) is 21.3. The predicted octanol–water partition coefficient (Wildman–Crippen LogP) is 2.51. The Bertz CT molecular complexity index is 413. The van der Waals surface area contributed by atoms with Crippen LogP contribution in [0, 0.1) is 11.8 Å². The first kappa shape index (κ1) is 14.7. The number of hydrogen-bond acceptors (Lipinski definition) is 4. The highest BCUT2D eigenvalue weighted by molar-refractivity contribution is 14.1. The van der Waals surface area contributed by atoms with Crippen LogP contribution in [0.5, 0.6) is 0 Å². The number of likely N-dealkylation sites (tertiary alicyclic amines) is 1. The van der Waals surface area contributed by atoms with Crippen molar-refractivity contribution in [2.75, 3.05) is 19.7 Å². The van der Waals surface area contributed by atoms with E-state index in [1.54, 1.807) is 6.21 Å². The van der Waals surface area contributed by atoms with Crippen LogP contribution in [0.2, 0.25) is 0 Å². The van der Waals surface area contributed by atoms with Crippen molar-refractivity contribution in [2.24, 2.45) is 17.0 Å². The van der Waals surface area contributed by atoms with Crippen molar-refractivity contribution in [3.05, 3.63) is 35.9 Å². The second-order valence-corrected chi connectivity index (χ2v) is 6.19. The van der Waals surface area contributed by atoms with Crippen LogP contribution in [-0.4, -0.2) is 41.1 Å². The monoisotopic (exact) mass is 374 g/mol. The largest absolute Gasteiger partial charge is 0.411 e. The summed E-state index contributed by atoms with van der Waals surface area (Å²) in [6.45, 7) is 1.93. The Morgan fingerprint density at radius 3 is 2.74 bits per heavy atom. The molecule has 3 atom stereocenters. The predicted molar refractivity (Wildman–Crippen MR) is 83.7 cm³/mol. The molecule has 5 heteroatoms. The number of nitrogens with zero attached hydrogens (tertiary/aromatic N) is 2. The molecule has 0 bridgehead atoms. The van der Waals surface area contributed by atoms with Crippen LogP contribution in [0.1, 0.15) is 16.0 Å². The molecule has 19 heavy (non-hydrogen) atoms. The summed E-state index contributed by atoms with van der Waals surface area (Å²) < 4.78 is 0.280. The summed E-state index contributed by atoms with van der Waals surface area (Å²) >= 11 is 2.43. The number of aliphatic hydroxyl groups is 1. The van der Waals surface area contributed by atoms with Gasteiger partial charge in [0.25, 0.3) is 0 Å². The topological polar surface area (TPSA) is 56.1 Å². The zero-order valence-corrected chi connectivity index (χ0v) is 12.8. The van der Waals surface area contributed by atoms with Gasteiger partial charge in [-0.25, -0.2) is 0 Å². The Morgan fingerprint density at radius 2 is 2.11 bits per heavy atom. The van der Waals surface area contributed by atoms with Gasteiger partial charge in [-0.1, -0.05) is 52.9 Å². The molecule has 0 aliphatic carbocycles. The third-order valence-corrected chi connectivity index (χ3v) is 5.04. The Hall–Kier alpha value is -0.660. The molecular formula is C14H19IN2O2. The third-order valence-electron chi connectivity index (χ3n) is 3.53. The van der Waals surface area contributed by atoms with Crippen molar-refractivity contribution in [3.8, 4) is 0 Å². The van der Waals surface area contributed by atoms with Crippen LogP contribution in [0.3, 0.4) is 0 Å². The molecule has 0 radical (unpaired) electrons. The zero-order valence-electron chi connectivity index (χ0n) is 10.7. The maximum atomic E-state index is 9.41. The number of oxime groups is 1. The fourth-order valence-electron chi connectivity index (χ4n) is 2.63. The maximum absolute atomic E-state index is 9.41.